The number of aryl methyl sites for hydroxylation is 2. The van der Waals surface area contributed by atoms with Crippen LogP contribution >= 0.6 is 0 Å². The second-order valence-corrected chi connectivity index (χ2v) is 12.5. The Morgan fingerprint density at radius 3 is 2.14 bits per heavy atom. The van der Waals surface area contributed by atoms with Crippen LogP contribution in [0.1, 0.15) is 34.3 Å². The predicted molar refractivity (Wildman–Crippen MR) is 142 cm³/mol. The highest BCUT2D eigenvalue weighted by Crippen LogP contribution is 2.28. The van der Waals surface area contributed by atoms with Crippen LogP contribution in [0.15, 0.2) is 70.5 Å². The first-order chi connectivity index (χ1) is 17.5. The van der Waals surface area contributed by atoms with Crippen molar-refractivity contribution in [2.45, 2.75) is 36.5 Å². The van der Waals surface area contributed by atoms with Gasteiger partial charge >= 0.3 is 0 Å². The maximum atomic E-state index is 13.1. The Labute approximate surface area is 217 Å². The van der Waals surface area contributed by atoms with E-state index < -0.39 is 26.0 Å². The summed E-state index contributed by atoms with van der Waals surface area (Å²) in [4.78, 5) is 13.1. The fourth-order valence-corrected chi connectivity index (χ4v) is 6.82. The van der Waals surface area contributed by atoms with Crippen LogP contribution in [0, 0.1) is 13.8 Å². The molecule has 3 aromatic rings. The van der Waals surface area contributed by atoms with Gasteiger partial charge in [-0.15, -0.1) is 0 Å². The maximum Gasteiger partial charge on any atom is 0.261 e. The fraction of sp³-hybridized carbons (Fsp3) is 0.269. The number of nitrogens with zero attached hydrogens (tertiary/aromatic N) is 1. The van der Waals surface area contributed by atoms with Crippen molar-refractivity contribution in [1.82, 2.24) is 4.31 Å². The SMILES string of the molecule is COc1ccc(S(=O)(=O)N2CCCC2)cc1C(=O)Nc1ccc(S(=O)(=O)Nc2ccc(C)cc2C)cc1. The highest BCUT2D eigenvalue weighted by Gasteiger charge is 2.28. The van der Waals surface area contributed by atoms with Gasteiger partial charge in [-0.1, -0.05) is 17.7 Å². The first kappa shape index (κ1) is 26.6. The number of carbonyl (C=O) groups excluding carboxylic acids is 1. The molecule has 0 atom stereocenters. The number of methoxy groups -OCH3 is 1. The molecule has 1 aliphatic rings. The first-order valence-corrected chi connectivity index (χ1v) is 14.6. The number of hydrogen-bond acceptors (Lipinski definition) is 6. The van der Waals surface area contributed by atoms with Gasteiger partial charge in [-0.05, 0) is 80.8 Å². The van der Waals surface area contributed by atoms with Gasteiger partial charge in [0, 0.05) is 18.8 Å². The lowest BCUT2D eigenvalue weighted by Gasteiger charge is -2.17. The first-order valence-electron chi connectivity index (χ1n) is 11.7. The van der Waals surface area contributed by atoms with E-state index >= 15 is 0 Å². The summed E-state index contributed by atoms with van der Waals surface area (Å²) in [6.45, 7) is 4.65. The molecular weight excluding hydrogens is 514 g/mol. The summed E-state index contributed by atoms with van der Waals surface area (Å²) in [6, 6.07) is 15.3. The van der Waals surface area contributed by atoms with Gasteiger partial charge in [-0.3, -0.25) is 9.52 Å². The van der Waals surface area contributed by atoms with Crippen LogP contribution in [0.4, 0.5) is 11.4 Å². The van der Waals surface area contributed by atoms with Gasteiger partial charge in [0.15, 0.2) is 0 Å². The molecule has 1 aliphatic heterocycles. The van der Waals surface area contributed by atoms with Crippen LogP contribution in [0.5, 0.6) is 5.75 Å². The second kappa shape index (κ2) is 10.5. The molecule has 1 heterocycles. The molecule has 0 saturated carbocycles. The lowest BCUT2D eigenvalue weighted by Crippen LogP contribution is -2.28. The van der Waals surface area contributed by atoms with Crippen molar-refractivity contribution in [2.75, 3.05) is 30.2 Å². The van der Waals surface area contributed by atoms with Gasteiger partial charge in [-0.25, -0.2) is 16.8 Å². The van der Waals surface area contributed by atoms with Gasteiger partial charge in [-0.2, -0.15) is 4.31 Å². The van der Waals surface area contributed by atoms with Crippen molar-refractivity contribution in [3.8, 4) is 5.75 Å². The summed E-state index contributed by atoms with van der Waals surface area (Å²) in [5, 5.41) is 2.68. The van der Waals surface area contributed by atoms with Crippen LogP contribution in [0.3, 0.4) is 0 Å². The van der Waals surface area contributed by atoms with Gasteiger partial charge in [0.25, 0.3) is 15.9 Å². The number of hydrogen-bond donors (Lipinski definition) is 2. The highest BCUT2D eigenvalue weighted by molar-refractivity contribution is 7.92. The second-order valence-electron chi connectivity index (χ2n) is 8.88. The number of benzene rings is 3. The maximum absolute atomic E-state index is 13.1. The molecule has 0 radical (unpaired) electrons. The molecular formula is C26H29N3O6S2. The van der Waals surface area contributed by atoms with E-state index in [4.69, 9.17) is 4.74 Å². The minimum absolute atomic E-state index is 0.0132. The molecule has 0 bridgehead atoms. The summed E-state index contributed by atoms with van der Waals surface area (Å²) in [7, 11) is -6.17. The Kier molecular flexibility index (Phi) is 7.58. The molecule has 3 aromatic carbocycles. The molecule has 196 valence electrons. The molecule has 37 heavy (non-hydrogen) atoms. The number of sulfonamides is 2. The zero-order valence-corrected chi connectivity index (χ0v) is 22.4. The van der Waals surface area contributed by atoms with E-state index in [-0.39, 0.29) is 21.1 Å². The van der Waals surface area contributed by atoms with Crippen molar-refractivity contribution in [1.29, 1.82) is 0 Å². The molecule has 2 N–H and O–H groups in total. The Balaban J connectivity index is 1.53. The van der Waals surface area contributed by atoms with E-state index in [0.717, 1.165) is 24.0 Å². The van der Waals surface area contributed by atoms with E-state index in [2.05, 4.69) is 10.0 Å². The lowest BCUT2D eigenvalue weighted by atomic mass is 10.1. The topological polar surface area (TPSA) is 122 Å². The molecule has 0 aliphatic carbocycles. The van der Waals surface area contributed by atoms with E-state index in [1.807, 2.05) is 26.0 Å². The molecule has 0 unspecified atom stereocenters. The number of rotatable bonds is 8. The molecule has 11 heteroatoms. The van der Waals surface area contributed by atoms with E-state index in [9.17, 15) is 21.6 Å². The molecule has 1 amide bonds. The third kappa shape index (κ3) is 5.79. The third-order valence-corrected chi connectivity index (χ3v) is 9.44. The molecule has 9 nitrogen and oxygen atoms in total. The number of nitrogens with one attached hydrogen (secondary N) is 2. The van der Waals surface area contributed by atoms with Crippen molar-refractivity contribution in [2.24, 2.45) is 0 Å². The van der Waals surface area contributed by atoms with Crippen molar-refractivity contribution < 1.29 is 26.4 Å². The summed E-state index contributed by atoms with van der Waals surface area (Å²) in [5.41, 5.74) is 2.70. The van der Waals surface area contributed by atoms with E-state index in [0.29, 0.717) is 24.5 Å². The highest BCUT2D eigenvalue weighted by atomic mass is 32.2. The predicted octanol–water partition coefficient (Wildman–Crippen LogP) is 4.15. The summed E-state index contributed by atoms with van der Waals surface area (Å²) >= 11 is 0. The standard InChI is InChI=1S/C26H29N3O6S2/c1-18-6-12-24(19(2)16-18)28-36(31,32)21-9-7-20(8-10-21)27-26(30)23-17-22(11-13-25(23)35-3)37(33,34)29-14-4-5-15-29/h6-13,16-17,28H,4-5,14-15H2,1-3H3,(H,27,30). The zero-order chi connectivity index (χ0) is 26.8. The number of anilines is 2. The number of amides is 1. The zero-order valence-electron chi connectivity index (χ0n) is 20.8. The lowest BCUT2D eigenvalue weighted by molar-refractivity contribution is 0.102. The summed E-state index contributed by atoms with van der Waals surface area (Å²) in [6.07, 6.45) is 1.60. The molecule has 4 rings (SSSR count). The van der Waals surface area contributed by atoms with E-state index in [1.54, 1.807) is 6.07 Å². The normalized spacial score (nSPS) is 14.4. The Morgan fingerprint density at radius 1 is 0.865 bits per heavy atom. The van der Waals surface area contributed by atoms with Gasteiger partial charge in [0.2, 0.25) is 10.0 Å². The monoisotopic (exact) mass is 543 g/mol. The smallest absolute Gasteiger partial charge is 0.261 e. The molecule has 1 saturated heterocycles. The van der Waals surface area contributed by atoms with Gasteiger partial charge < -0.3 is 10.1 Å². The van der Waals surface area contributed by atoms with Gasteiger partial charge in [0.1, 0.15) is 5.75 Å². The molecule has 0 spiro atoms. The number of ether oxygens (including phenoxy) is 1. The average molecular weight is 544 g/mol. The van der Waals surface area contributed by atoms with Gasteiger partial charge in [0.05, 0.1) is 28.2 Å². The van der Waals surface area contributed by atoms with Crippen LogP contribution in [0.25, 0.3) is 0 Å². The third-order valence-electron chi connectivity index (χ3n) is 6.17. The summed E-state index contributed by atoms with van der Waals surface area (Å²) in [5.74, 6) is -0.367. The van der Waals surface area contributed by atoms with Crippen LogP contribution < -0.4 is 14.8 Å². The Hall–Kier alpha value is -3.41. The fourth-order valence-electron chi connectivity index (χ4n) is 4.15. The van der Waals surface area contributed by atoms with Crippen molar-refractivity contribution >= 4 is 37.3 Å². The Morgan fingerprint density at radius 2 is 1.51 bits per heavy atom. The van der Waals surface area contributed by atoms with Crippen LogP contribution in [-0.2, 0) is 20.0 Å². The van der Waals surface area contributed by atoms with Crippen molar-refractivity contribution in [3.05, 3.63) is 77.4 Å². The average Bonchev–Trinajstić information content (AvgIpc) is 3.42. The van der Waals surface area contributed by atoms with E-state index in [1.165, 1.54) is 53.9 Å². The largest absolute Gasteiger partial charge is 0.496 e. The minimum atomic E-state index is -3.84. The van der Waals surface area contributed by atoms with Crippen LogP contribution in [0.2, 0.25) is 0 Å². The van der Waals surface area contributed by atoms with Crippen molar-refractivity contribution in [3.63, 3.8) is 0 Å². The minimum Gasteiger partial charge on any atom is -0.496 e. The van der Waals surface area contributed by atoms with Crippen LogP contribution in [-0.4, -0.2) is 47.2 Å². The number of carbonyl (C=O) groups is 1. The molecule has 0 aromatic heterocycles. The summed E-state index contributed by atoms with van der Waals surface area (Å²) < 4.78 is 60.9. The Bertz CT molecular complexity index is 1530. The molecule has 1 fully saturated rings. The quantitative estimate of drug-likeness (QED) is 0.440.